The van der Waals surface area contributed by atoms with E-state index in [-0.39, 0.29) is 0 Å². The Morgan fingerprint density at radius 3 is 1.30 bits per heavy atom. The minimum atomic E-state index is 0.620. The first-order valence-electron chi connectivity index (χ1n) is 13.0. The fourth-order valence-electron chi connectivity index (χ4n) is 3.53. The molecule has 0 spiro atoms. The summed E-state index contributed by atoms with van der Waals surface area (Å²) < 4.78 is 1.09. The van der Waals surface area contributed by atoms with Gasteiger partial charge in [-0.15, -0.1) is 0 Å². The normalized spacial score (nSPS) is 10.1. The van der Waals surface area contributed by atoms with E-state index in [9.17, 15) is 0 Å². The molecule has 43 heavy (non-hydrogen) atoms. The molecule has 0 unspecified atom stereocenters. The molecule has 3 aromatic carbocycles. The van der Waals surface area contributed by atoms with Crippen molar-refractivity contribution >= 4 is 67.8 Å². The van der Waals surface area contributed by atoms with E-state index in [1.54, 1.807) is 37.4 Å². The topological polar surface area (TPSA) is 122 Å². The molecule has 0 bridgehead atoms. The van der Waals surface area contributed by atoms with Crippen LogP contribution in [0.15, 0.2) is 109 Å². The fraction of sp³-hybridized carbons (Fsp3) is 0.100. The summed E-state index contributed by atoms with van der Waals surface area (Å²) in [6, 6.07) is 21.0. The summed E-state index contributed by atoms with van der Waals surface area (Å²) in [6.07, 6.45) is 10.4. The Balaban J connectivity index is 0.000000148. The maximum atomic E-state index is 5.87. The molecule has 0 aliphatic rings. The second-order valence-electron chi connectivity index (χ2n) is 8.96. The molecule has 9 nitrogen and oxygen atoms in total. The number of aromatic nitrogens is 6. The zero-order chi connectivity index (χ0) is 30.3. The largest absolute Gasteiger partial charge is 0.379 e. The Hall–Kier alpha value is -3.96. The maximum Gasteiger partial charge on any atom is 0.0922 e. The molecule has 13 heteroatoms. The number of rotatable bonds is 9. The van der Waals surface area contributed by atoms with E-state index in [1.165, 1.54) is 0 Å². The molecule has 0 amide bonds. The third kappa shape index (κ3) is 12.0. The summed E-state index contributed by atoms with van der Waals surface area (Å²) in [5.74, 6) is 0. The minimum absolute atomic E-state index is 0.620. The van der Waals surface area contributed by atoms with Crippen molar-refractivity contribution in [2.75, 3.05) is 16.0 Å². The van der Waals surface area contributed by atoms with E-state index in [1.807, 2.05) is 66.9 Å². The van der Waals surface area contributed by atoms with Gasteiger partial charge in [0.05, 0.1) is 55.7 Å². The van der Waals surface area contributed by atoms with Gasteiger partial charge in [-0.2, -0.15) is 0 Å². The van der Waals surface area contributed by atoms with Gasteiger partial charge in [-0.3, -0.25) is 0 Å². The van der Waals surface area contributed by atoms with Crippen molar-refractivity contribution < 1.29 is 0 Å². The predicted molar refractivity (Wildman–Crippen MR) is 180 cm³/mol. The fourth-order valence-corrected chi connectivity index (χ4v) is 4.44. The van der Waals surface area contributed by atoms with Crippen LogP contribution in [0, 0.1) is 0 Å². The monoisotopic (exact) mass is 699 g/mol. The second kappa shape index (κ2) is 17.2. The Morgan fingerprint density at radius 1 is 0.512 bits per heavy atom. The molecular weight excluding hydrogens is 673 g/mol. The molecule has 0 radical (unpaired) electrons. The molecular formula is C30H29BrCl3N9. The first kappa shape index (κ1) is 32.0. The van der Waals surface area contributed by atoms with Crippen molar-refractivity contribution in [1.29, 1.82) is 0 Å². The number of nitrogens with one attached hydrogen (secondary N) is 6. The van der Waals surface area contributed by atoms with Gasteiger partial charge < -0.3 is 30.9 Å². The van der Waals surface area contributed by atoms with Gasteiger partial charge in [-0.1, -0.05) is 50.7 Å². The van der Waals surface area contributed by atoms with Gasteiger partial charge >= 0.3 is 0 Å². The molecule has 222 valence electrons. The van der Waals surface area contributed by atoms with Crippen LogP contribution < -0.4 is 16.0 Å². The summed E-state index contributed by atoms with van der Waals surface area (Å²) in [5, 5.41) is 11.7. The van der Waals surface area contributed by atoms with Crippen LogP contribution in [-0.2, 0) is 19.6 Å². The van der Waals surface area contributed by atoms with Gasteiger partial charge in [-0.25, -0.2) is 15.0 Å². The van der Waals surface area contributed by atoms with Crippen molar-refractivity contribution in [3.63, 3.8) is 0 Å². The minimum Gasteiger partial charge on any atom is -0.379 e. The highest BCUT2D eigenvalue weighted by molar-refractivity contribution is 9.10. The molecule has 0 atom stereocenters. The molecule has 0 aliphatic carbocycles. The Bertz CT molecular complexity index is 1490. The third-order valence-electron chi connectivity index (χ3n) is 5.66. The van der Waals surface area contributed by atoms with Crippen molar-refractivity contribution in [3.05, 3.63) is 141 Å². The number of imidazole rings is 3. The standard InChI is InChI=1S/C10H10BrN3.C10H9Cl2N3.C10H10ClN3/c11-8-1-3-9(4-2-8)13-6-10-5-12-7-14-10;11-7-1-8(12)3-9(2-7)14-5-10-4-13-6-15-10;11-8-1-3-9(4-2-8)13-6-10-5-12-7-14-10/h1-5,7,13H,6H2,(H,12,14);1-4,6,14H,5H2,(H,13,15);1-5,7,13H,6H2,(H,12,14). The van der Waals surface area contributed by atoms with E-state index >= 15 is 0 Å². The number of benzene rings is 3. The lowest BCUT2D eigenvalue weighted by Crippen LogP contribution is -1.99. The maximum absolute atomic E-state index is 5.87. The number of aromatic amines is 3. The lowest BCUT2D eigenvalue weighted by atomic mass is 10.3. The van der Waals surface area contributed by atoms with Crippen LogP contribution in [0.2, 0.25) is 15.1 Å². The summed E-state index contributed by atoms with van der Waals surface area (Å²) in [6.45, 7) is 2.17. The van der Waals surface area contributed by atoms with Gasteiger partial charge in [0.1, 0.15) is 0 Å². The molecule has 0 aliphatic heterocycles. The number of H-pyrrole nitrogens is 3. The summed E-state index contributed by atoms with van der Waals surface area (Å²) in [5.41, 5.74) is 6.17. The summed E-state index contributed by atoms with van der Waals surface area (Å²) in [7, 11) is 0. The average Bonchev–Trinajstić information content (AvgIpc) is 3.81. The average molecular weight is 702 g/mol. The van der Waals surface area contributed by atoms with Crippen molar-refractivity contribution in [1.82, 2.24) is 29.9 Å². The lowest BCUT2D eigenvalue weighted by Gasteiger charge is -2.05. The zero-order valence-electron chi connectivity index (χ0n) is 22.8. The van der Waals surface area contributed by atoms with Crippen molar-refractivity contribution in [2.24, 2.45) is 0 Å². The smallest absolute Gasteiger partial charge is 0.0922 e. The van der Waals surface area contributed by atoms with E-state index in [0.717, 1.165) is 56.7 Å². The second-order valence-corrected chi connectivity index (χ2v) is 11.2. The van der Waals surface area contributed by atoms with Crippen LogP contribution in [-0.4, -0.2) is 29.9 Å². The quantitative estimate of drug-likeness (QED) is 0.0897. The van der Waals surface area contributed by atoms with Crippen LogP contribution in [0.1, 0.15) is 17.1 Å². The van der Waals surface area contributed by atoms with Gasteiger partial charge in [0.25, 0.3) is 0 Å². The number of halogens is 4. The van der Waals surface area contributed by atoms with Crippen LogP contribution in [0.25, 0.3) is 0 Å². The molecule has 3 heterocycles. The van der Waals surface area contributed by atoms with E-state index in [2.05, 4.69) is 61.8 Å². The van der Waals surface area contributed by atoms with Crippen LogP contribution >= 0.6 is 50.7 Å². The molecule has 0 saturated carbocycles. The van der Waals surface area contributed by atoms with Crippen LogP contribution in [0.5, 0.6) is 0 Å². The summed E-state index contributed by atoms with van der Waals surface area (Å²) >= 11 is 20.9. The molecule has 0 saturated heterocycles. The lowest BCUT2D eigenvalue weighted by molar-refractivity contribution is 1.07. The number of hydrogen-bond acceptors (Lipinski definition) is 6. The summed E-state index contributed by atoms with van der Waals surface area (Å²) in [4.78, 5) is 20.9. The molecule has 6 rings (SSSR count). The van der Waals surface area contributed by atoms with Gasteiger partial charge in [0, 0.05) is 55.2 Å². The van der Waals surface area contributed by atoms with Crippen LogP contribution in [0.3, 0.4) is 0 Å². The first-order chi connectivity index (χ1) is 20.9. The van der Waals surface area contributed by atoms with E-state index < -0.39 is 0 Å². The molecule has 6 aromatic rings. The Labute approximate surface area is 273 Å². The Morgan fingerprint density at radius 2 is 0.907 bits per heavy atom. The van der Waals surface area contributed by atoms with E-state index in [0.29, 0.717) is 16.6 Å². The third-order valence-corrected chi connectivity index (χ3v) is 6.88. The highest BCUT2D eigenvalue weighted by Gasteiger charge is 1.99. The predicted octanol–water partition coefficient (Wildman–Crippen LogP) is 8.79. The molecule has 3 aromatic heterocycles. The molecule has 0 fully saturated rings. The van der Waals surface area contributed by atoms with E-state index in [4.69, 9.17) is 34.8 Å². The number of nitrogens with zero attached hydrogens (tertiary/aromatic N) is 3. The van der Waals surface area contributed by atoms with Crippen LogP contribution in [0.4, 0.5) is 17.1 Å². The van der Waals surface area contributed by atoms with Crippen molar-refractivity contribution in [2.45, 2.75) is 19.6 Å². The van der Waals surface area contributed by atoms with Gasteiger partial charge in [-0.05, 0) is 66.7 Å². The highest BCUT2D eigenvalue weighted by atomic mass is 79.9. The zero-order valence-corrected chi connectivity index (χ0v) is 26.6. The number of anilines is 3. The van der Waals surface area contributed by atoms with Gasteiger partial charge in [0.2, 0.25) is 0 Å². The van der Waals surface area contributed by atoms with Crippen molar-refractivity contribution in [3.8, 4) is 0 Å². The Kier molecular flexibility index (Phi) is 12.8. The number of hydrogen-bond donors (Lipinski definition) is 6. The van der Waals surface area contributed by atoms with Gasteiger partial charge in [0.15, 0.2) is 0 Å². The first-order valence-corrected chi connectivity index (χ1v) is 15.0. The highest BCUT2D eigenvalue weighted by Crippen LogP contribution is 2.22. The molecule has 6 N–H and O–H groups in total. The SMILES string of the molecule is Brc1ccc(NCc2cnc[nH]2)cc1.Clc1cc(Cl)cc(NCc2cnc[nH]2)c1.Clc1ccc(NCc2cnc[nH]2)cc1.